The van der Waals surface area contributed by atoms with Gasteiger partial charge in [-0.2, -0.15) is 0 Å². The van der Waals surface area contributed by atoms with E-state index in [1.807, 2.05) is 0 Å². The summed E-state index contributed by atoms with van der Waals surface area (Å²) in [5.74, 6) is 0. The molecular formula is C13H14FeN2. The molecule has 0 bridgehead atoms. The molecule has 4 atom stereocenters. The van der Waals surface area contributed by atoms with Gasteiger partial charge in [0.15, 0.2) is 0 Å². The number of hydrogen-bond acceptors (Lipinski definition) is 2. The van der Waals surface area contributed by atoms with Gasteiger partial charge in [-0.05, 0) is 0 Å². The molecule has 10 fully saturated rings. The summed E-state index contributed by atoms with van der Waals surface area (Å²) in [5.41, 5.74) is 0. The molecule has 11 aliphatic heterocycles. The minimum atomic E-state index is -2.79. The average molecular weight is 254 g/mol. The number of nitrogens with zero attached hydrogens (tertiary/aromatic N) is 2. The van der Waals surface area contributed by atoms with Gasteiger partial charge in [0.2, 0.25) is 0 Å². The molecule has 0 aliphatic carbocycles. The van der Waals surface area contributed by atoms with E-state index in [2.05, 4.69) is 16.2 Å². The molecule has 0 amide bonds. The van der Waals surface area contributed by atoms with Crippen LogP contribution in [0.2, 0.25) is 43.3 Å². The Labute approximate surface area is 83.8 Å². The summed E-state index contributed by atoms with van der Waals surface area (Å²) in [6, 6.07) is 0. The molecular weight excluding hydrogens is 240 g/mol. The van der Waals surface area contributed by atoms with Gasteiger partial charge in [-0.3, -0.25) is 0 Å². The maximum atomic E-state index is 4.58. The van der Waals surface area contributed by atoms with Crippen molar-refractivity contribution in [3.05, 3.63) is 0 Å². The molecule has 0 aromatic carbocycles. The van der Waals surface area contributed by atoms with E-state index in [1.54, 1.807) is 0 Å². The summed E-state index contributed by atoms with van der Waals surface area (Å²) in [5, 5.41) is 0. The molecule has 16 heavy (non-hydrogen) atoms. The van der Waals surface area contributed by atoms with E-state index < -0.39 is 6.51 Å². The van der Waals surface area contributed by atoms with Crippen molar-refractivity contribution in [2.75, 3.05) is 13.1 Å². The Kier molecular flexibility index (Phi) is 0.135. The van der Waals surface area contributed by atoms with Crippen LogP contribution in [0.4, 0.5) is 0 Å². The van der Waals surface area contributed by atoms with Gasteiger partial charge in [-0.25, -0.2) is 0 Å². The molecule has 0 aromatic heterocycles. The second-order valence-corrected chi connectivity index (χ2v) is 34.4. The van der Waals surface area contributed by atoms with Crippen molar-refractivity contribution in [3.8, 4) is 0 Å². The van der Waals surface area contributed by atoms with Crippen LogP contribution in [0.25, 0.3) is 0 Å². The van der Waals surface area contributed by atoms with Gasteiger partial charge in [-0.15, -0.1) is 0 Å². The van der Waals surface area contributed by atoms with Gasteiger partial charge in [0.05, 0.1) is 0 Å². The first-order valence-corrected chi connectivity index (χ1v) is 13.4. The molecule has 4 unspecified atom stereocenters. The van der Waals surface area contributed by atoms with Crippen LogP contribution in [0, 0.1) is 0 Å². The van der Waals surface area contributed by atoms with Crippen LogP contribution in [-0.2, 0) is 6.51 Å². The number of rotatable bonds is 1. The fourth-order valence-electron chi connectivity index (χ4n) is 17.5. The van der Waals surface area contributed by atoms with E-state index in [9.17, 15) is 0 Å². The van der Waals surface area contributed by atoms with Crippen LogP contribution < -0.4 is 0 Å². The zero-order chi connectivity index (χ0) is 9.42. The van der Waals surface area contributed by atoms with Gasteiger partial charge in [0.25, 0.3) is 0 Å². The van der Waals surface area contributed by atoms with Crippen molar-refractivity contribution in [3.63, 3.8) is 0 Å². The molecule has 11 heterocycles. The van der Waals surface area contributed by atoms with E-state index in [-0.39, 0.29) is 0 Å². The SMILES string of the molecule is C1=NCCN1[C]12[CH]3[CH]4[CH]5[CH]1[Fe]45321678[CH]2[CH]1[CH]6[CH]7[CH]28. The first kappa shape index (κ1) is 5.32. The fraction of sp³-hybridized carbons (Fsp3) is 0.923. The number of hydrogen-bond donors (Lipinski definition) is 0. The van der Waals surface area contributed by atoms with Crippen LogP contribution in [0.5, 0.6) is 0 Å². The summed E-state index contributed by atoms with van der Waals surface area (Å²) in [6.45, 7) is -0.342. The van der Waals surface area contributed by atoms with E-state index in [0.29, 0.717) is 0 Å². The van der Waals surface area contributed by atoms with Crippen LogP contribution in [0.15, 0.2) is 4.99 Å². The predicted molar refractivity (Wildman–Crippen MR) is 56.5 cm³/mol. The van der Waals surface area contributed by atoms with Crippen molar-refractivity contribution in [2.45, 2.75) is 47.8 Å². The topological polar surface area (TPSA) is 15.6 Å². The van der Waals surface area contributed by atoms with Gasteiger partial charge in [-0.1, -0.05) is 0 Å². The minimum absolute atomic E-state index is 0.957. The predicted octanol–water partition coefficient (Wildman–Crippen LogP) is 2.63. The third-order valence-corrected chi connectivity index (χ3v) is 57.9. The van der Waals surface area contributed by atoms with E-state index in [1.165, 1.54) is 49.9 Å². The third-order valence-electron chi connectivity index (χ3n) is 15.7. The Balaban J connectivity index is 1.65. The zero-order valence-corrected chi connectivity index (χ0v) is 10.0. The quantitative estimate of drug-likeness (QED) is 0.657. The Bertz CT molecular complexity index is 911. The summed E-state index contributed by atoms with van der Waals surface area (Å²) in [6.07, 6.45) is 2.32. The first-order valence-electron chi connectivity index (χ1n) is 7.13. The second-order valence-electron chi connectivity index (χ2n) is 10.9. The van der Waals surface area contributed by atoms with E-state index in [0.717, 1.165) is 11.0 Å². The zero-order valence-electron chi connectivity index (χ0n) is 8.94. The molecule has 11 aliphatic rings. The first-order chi connectivity index (χ1) is 7.65. The van der Waals surface area contributed by atoms with Gasteiger partial charge in [0.1, 0.15) is 0 Å². The summed E-state index contributed by atoms with van der Waals surface area (Å²) >= 11 is 0. The Morgan fingerprint density at radius 3 is 1.94 bits per heavy atom. The standard InChI is InChI=1S/C8H9N2.C5H5.Fe/c1-2-4-8(3-1)10-6-5-9-7-10;1-2-4-5-3-1;/h1-4,7H,5-6H2;1-5H;. The fourth-order valence-corrected chi connectivity index (χ4v) is 91.4. The van der Waals surface area contributed by atoms with Gasteiger partial charge in [0, 0.05) is 0 Å². The van der Waals surface area contributed by atoms with Crippen molar-refractivity contribution >= 4 is 6.34 Å². The summed E-state index contributed by atoms with van der Waals surface area (Å²) < 4.78 is 0.957. The molecule has 0 N–H and O–H groups in total. The third kappa shape index (κ3) is 0.0462. The second kappa shape index (κ2) is 0.406. The van der Waals surface area contributed by atoms with Crippen LogP contribution in [0.3, 0.4) is 0 Å². The Morgan fingerprint density at radius 1 is 1.00 bits per heavy atom. The van der Waals surface area contributed by atoms with E-state index in [4.69, 9.17) is 0 Å². The van der Waals surface area contributed by atoms with Crippen LogP contribution >= 0.6 is 0 Å². The summed E-state index contributed by atoms with van der Waals surface area (Å²) in [7, 11) is 0. The molecule has 3 heteroatoms. The molecule has 84 valence electrons. The van der Waals surface area contributed by atoms with Crippen molar-refractivity contribution in [2.24, 2.45) is 4.99 Å². The monoisotopic (exact) mass is 254 g/mol. The van der Waals surface area contributed by atoms with E-state index >= 15 is 0 Å². The van der Waals surface area contributed by atoms with Crippen molar-refractivity contribution in [1.82, 2.24) is 4.90 Å². The molecule has 10 saturated heterocycles. The van der Waals surface area contributed by atoms with Crippen molar-refractivity contribution in [1.29, 1.82) is 0 Å². The molecule has 11 rings (SSSR count). The Morgan fingerprint density at radius 2 is 1.62 bits per heavy atom. The van der Waals surface area contributed by atoms with Crippen LogP contribution in [0.1, 0.15) is 0 Å². The molecule has 0 saturated carbocycles. The molecule has 0 radical (unpaired) electrons. The molecule has 1 spiro atoms. The number of aliphatic imine (C=N–C) groups is 1. The van der Waals surface area contributed by atoms with Gasteiger partial charge < -0.3 is 0 Å². The molecule has 0 aromatic rings. The number of fused-ring (bicyclic) bond motifs is 10. The molecule has 2 nitrogen and oxygen atoms in total. The van der Waals surface area contributed by atoms with Gasteiger partial charge >= 0.3 is 83.6 Å². The van der Waals surface area contributed by atoms with Crippen molar-refractivity contribution < 1.29 is 6.51 Å². The normalized spacial score (nSPS) is 130. The summed E-state index contributed by atoms with van der Waals surface area (Å²) in [4.78, 5) is 20.6. The maximum absolute atomic E-state index is 4.58. The van der Waals surface area contributed by atoms with Crippen LogP contribution in [-0.4, -0.2) is 28.8 Å². The average Bonchev–Trinajstić information content (AvgIpc) is 3.20. The Hall–Kier alpha value is -0.0105.